The Balaban J connectivity index is 0.000000161. The van der Waals surface area contributed by atoms with Crippen LogP contribution in [0.4, 0.5) is 88.0 Å². The van der Waals surface area contributed by atoms with Crippen molar-refractivity contribution in [2.45, 2.75) is 130 Å². The van der Waals surface area contributed by atoms with Crippen LogP contribution in [0.1, 0.15) is 131 Å². The average molecular weight is 1380 g/mol. The van der Waals surface area contributed by atoms with Gasteiger partial charge in [-0.3, -0.25) is 29.1 Å². The number of nitrogens with one attached hydrogen (secondary N) is 6. The topological polar surface area (TPSA) is 212 Å². The number of amides is 9. The van der Waals surface area contributed by atoms with Gasteiger partial charge < -0.3 is 46.1 Å². The van der Waals surface area contributed by atoms with Gasteiger partial charge in [0.15, 0.2) is 0 Å². The van der Waals surface area contributed by atoms with E-state index in [2.05, 4.69) is 31.9 Å². The second kappa shape index (κ2) is 28.5. The van der Waals surface area contributed by atoms with Crippen molar-refractivity contribution < 1.29 is 82.5 Å². The number of alkyl halides is 9. The lowest BCUT2D eigenvalue weighted by atomic mass is 9.83. The van der Waals surface area contributed by atoms with E-state index in [-0.39, 0.29) is 61.6 Å². The molecule has 0 atom stereocenters. The largest absolute Gasteiger partial charge is 0.493 e. The van der Waals surface area contributed by atoms with E-state index in [0.29, 0.717) is 102 Å². The second-order valence-electron chi connectivity index (χ2n) is 24.5. The van der Waals surface area contributed by atoms with E-state index in [1.165, 1.54) is 36.4 Å². The maximum atomic E-state index is 13.3. The van der Waals surface area contributed by atoms with Crippen LogP contribution in [-0.4, -0.2) is 73.3 Å². The van der Waals surface area contributed by atoms with Crippen LogP contribution in [-0.2, 0) is 52.5 Å². The zero-order valence-corrected chi connectivity index (χ0v) is 55.0. The molecule has 27 heteroatoms. The first-order chi connectivity index (χ1) is 46.9. The molecule has 12 rings (SSSR count). The van der Waals surface area contributed by atoms with E-state index in [1.807, 2.05) is 52.8 Å². The van der Waals surface area contributed by atoms with Crippen LogP contribution in [0.5, 0.6) is 17.2 Å². The van der Waals surface area contributed by atoms with Crippen molar-refractivity contribution >= 4 is 86.7 Å². The Hall–Kier alpha value is -10.5. The third-order valence-electron chi connectivity index (χ3n) is 17.7. The molecule has 0 spiro atoms. The average Bonchev–Trinajstić information content (AvgIpc) is 0.793. The minimum Gasteiger partial charge on any atom is -0.493 e. The Morgan fingerprint density at radius 1 is 0.475 bits per heavy atom. The Morgan fingerprint density at radius 2 is 0.818 bits per heavy atom. The van der Waals surface area contributed by atoms with E-state index in [4.69, 9.17) is 14.2 Å². The lowest BCUT2D eigenvalue weighted by molar-refractivity contribution is -0.138. The SMILES string of the molecule is CCN1C(=O)NCc2c(NC(=O)/C=C3\CC(C)(C)Oc4cc(C(F)(F)F)ccc43)cccc21.CCN1C(=O)NCc2c(NC(=O)/C=C3\CC(CC)(CC)Oc4cc(C(F)(F)F)ccc43)cccc21.CCN1C(=O)NCc2c(NC(=O)/C=C3\CCOc4cc(C(F)(F)F)ccc43)cccc21. The number of benzene rings is 6. The van der Waals surface area contributed by atoms with Gasteiger partial charge >= 0.3 is 36.6 Å². The highest BCUT2D eigenvalue weighted by Crippen LogP contribution is 2.48. The Labute approximate surface area is 564 Å². The van der Waals surface area contributed by atoms with Gasteiger partial charge in [0, 0.05) is 127 Å². The van der Waals surface area contributed by atoms with E-state index < -0.39 is 64.1 Å². The lowest BCUT2D eigenvalue weighted by Crippen LogP contribution is -2.44. The molecule has 0 bridgehead atoms. The first kappa shape index (κ1) is 71.3. The molecular weight excluding hydrogens is 1310 g/mol. The van der Waals surface area contributed by atoms with Crippen molar-refractivity contribution in [3.05, 3.63) is 177 Å². The maximum Gasteiger partial charge on any atom is 0.416 e. The molecule has 6 aliphatic rings. The molecule has 6 aromatic rings. The number of carbonyl (C=O) groups is 6. The van der Waals surface area contributed by atoms with Gasteiger partial charge in [-0.15, -0.1) is 0 Å². The van der Waals surface area contributed by atoms with Gasteiger partial charge in [0.2, 0.25) is 17.7 Å². The van der Waals surface area contributed by atoms with Gasteiger partial charge in [-0.1, -0.05) is 50.2 Å². The minimum atomic E-state index is -4.49. The fourth-order valence-electron chi connectivity index (χ4n) is 12.7. The summed E-state index contributed by atoms with van der Waals surface area (Å²) in [6.45, 7) is 15.4. The number of anilines is 6. The lowest BCUT2D eigenvalue weighted by Gasteiger charge is -2.39. The van der Waals surface area contributed by atoms with Crippen LogP contribution in [0.3, 0.4) is 0 Å². The third kappa shape index (κ3) is 15.8. The first-order valence-corrected chi connectivity index (χ1v) is 32.1. The van der Waals surface area contributed by atoms with Gasteiger partial charge in [-0.25, -0.2) is 14.4 Å². The van der Waals surface area contributed by atoms with Gasteiger partial charge in [-0.05, 0) is 137 Å². The molecule has 0 saturated carbocycles. The Kier molecular flexibility index (Phi) is 20.6. The molecule has 0 aromatic heterocycles. The molecule has 0 saturated heterocycles. The quantitative estimate of drug-likeness (QED) is 0.0537. The van der Waals surface area contributed by atoms with Crippen molar-refractivity contribution in [3.8, 4) is 17.2 Å². The fourth-order valence-corrected chi connectivity index (χ4v) is 12.7. The zero-order valence-electron chi connectivity index (χ0n) is 55.0. The summed E-state index contributed by atoms with van der Waals surface area (Å²) in [7, 11) is 0. The van der Waals surface area contributed by atoms with Crippen LogP contribution >= 0.6 is 0 Å². The minimum absolute atomic E-state index is 0.0958. The molecule has 0 aliphatic carbocycles. The summed E-state index contributed by atoms with van der Waals surface area (Å²) in [6.07, 6.45) is -6.92. The molecule has 9 amide bonds. The number of halogens is 9. The highest BCUT2D eigenvalue weighted by atomic mass is 19.4. The van der Waals surface area contributed by atoms with E-state index >= 15 is 0 Å². The normalized spacial score (nSPS) is 17.6. The van der Waals surface area contributed by atoms with Crippen molar-refractivity contribution in [2.24, 2.45) is 0 Å². The molecule has 99 heavy (non-hydrogen) atoms. The van der Waals surface area contributed by atoms with E-state index in [1.54, 1.807) is 64.9 Å². The fraction of sp³-hybridized carbons (Fsp3) is 0.333. The molecule has 6 heterocycles. The molecule has 6 N–H and O–H groups in total. The summed E-state index contributed by atoms with van der Waals surface area (Å²) in [5.74, 6) is -0.885. The highest BCUT2D eigenvalue weighted by molar-refractivity contribution is 6.09. The van der Waals surface area contributed by atoms with Gasteiger partial charge in [0.1, 0.15) is 28.5 Å². The monoisotopic (exact) mass is 1380 g/mol. The predicted octanol–water partition coefficient (Wildman–Crippen LogP) is 16.0. The Bertz CT molecular complexity index is 4270. The van der Waals surface area contributed by atoms with E-state index in [0.717, 1.165) is 70.2 Å². The molecular formula is C72H72F9N9O9. The number of hydrogen-bond acceptors (Lipinski definition) is 9. The van der Waals surface area contributed by atoms with E-state index in [9.17, 15) is 68.3 Å². The molecule has 6 aliphatic heterocycles. The van der Waals surface area contributed by atoms with Crippen molar-refractivity contribution in [1.29, 1.82) is 0 Å². The zero-order chi connectivity index (χ0) is 71.5. The van der Waals surface area contributed by atoms with Crippen molar-refractivity contribution in [3.63, 3.8) is 0 Å². The van der Waals surface area contributed by atoms with Gasteiger partial charge in [0.25, 0.3) is 0 Å². The van der Waals surface area contributed by atoms with Crippen molar-refractivity contribution in [2.75, 3.05) is 56.9 Å². The Morgan fingerprint density at radius 3 is 1.18 bits per heavy atom. The van der Waals surface area contributed by atoms with Crippen LogP contribution in [0.2, 0.25) is 0 Å². The number of hydrogen-bond donors (Lipinski definition) is 6. The molecule has 18 nitrogen and oxygen atoms in total. The van der Waals surface area contributed by atoms with Crippen LogP contribution in [0.15, 0.2) is 127 Å². The van der Waals surface area contributed by atoms with Crippen LogP contribution in [0.25, 0.3) is 16.7 Å². The number of fused-ring (bicyclic) bond motifs is 6. The third-order valence-corrected chi connectivity index (χ3v) is 17.7. The first-order valence-electron chi connectivity index (χ1n) is 32.1. The van der Waals surface area contributed by atoms with Crippen LogP contribution in [0, 0.1) is 0 Å². The number of rotatable bonds is 11. The summed E-state index contributed by atoms with van der Waals surface area (Å²) in [6, 6.07) is 25.4. The molecule has 6 aromatic carbocycles. The van der Waals surface area contributed by atoms with Gasteiger partial charge in [0.05, 0.1) is 40.4 Å². The smallest absolute Gasteiger partial charge is 0.416 e. The number of carbonyl (C=O) groups excluding carboxylic acids is 6. The summed E-state index contributed by atoms with van der Waals surface area (Å²) in [5.41, 5.74) is 5.59. The summed E-state index contributed by atoms with van der Waals surface area (Å²) in [5, 5.41) is 16.9. The maximum absolute atomic E-state index is 13.3. The summed E-state index contributed by atoms with van der Waals surface area (Å²) in [4.78, 5) is 79.7. The number of ether oxygens (including phenoxy) is 3. The van der Waals surface area contributed by atoms with Crippen molar-refractivity contribution in [1.82, 2.24) is 16.0 Å². The summed E-state index contributed by atoms with van der Waals surface area (Å²) < 4.78 is 136. The molecule has 0 unspecified atom stereocenters. The highest BCUT2D eigenvalue weighted by Gasteiger charge is 2.40. The van der Waals surface area contributed by atoms with Gasteiger partial charge in [-0.2, -0.15) is 39.5 Å². The second-order valence-corrected chi connectivity index (χ2v) is 24.5. The predicted molar refractivity (Wildman–Crippen MR) is 357 cm³/mol. The molecule has 0 fully saturated rings. The van der Waals surface area contributed by atoms with Crippen LogP contribution < -0.4 is 60.8 Å². The standard InChI is InChI=1S/C26H28F3N3O3.C24H24F3N3O3.C22H20F3N3O3/c1-4-25(5-2)14-16(18-11-10-17(26(27,28)29)13-22(18)35-25)12-23(33)31-20-8-7-9-21-19(20)15-30-24(34)32(21)6-3;1-4-30-19-7-5-6-18(17(19)13-28-22(30)32)29-21(31)10-14-12-23(2,3)33-20-11-15(24(25,26)27)8-9-16(14)20;1-2-28-18-5-3-4-17(16(18)12-26-21(28)30)27-20(29)10-13-8-9-31-19-11-14(22(23,24)25)6-7-15(13)19/h7-13H,4-6,14-15H2,1-3H3,(H,30,34)(H,31,33);5-11H,4,12-13H2,1-3H3,(H,28,32)(H,29,31);3-7,10-11H,2,8-9,12H2,1H3,(H,26,30)(H,27,29)/b16-12+;14-10+;13-10+. The molecule has 522 valence electrons. The number of urea groups is 3. The number of nitrogens with zero attached hydrogens (tertiary/aromatic N) is 3. The molecule has 0 radical (unpaired) electrons. The summed E-state index contributed by atoms with van der Waals surface area (Å²) >= 11 is 0.